The van der Waals surface area contributed by atoms with Crippen molar-refractivity contribution in [3.05, 3.63) is 53.6 Å². The maximum absolute atomic E-state index is 12.7. The number of benzene rings is 2. The highest BCUT2D eigenvalue weighted by atomic mass is 32.2. The zero-order valence-electron chi connectivity index (χ0n) is 10.1. The number of halogens is 3. The van der Waals surface area contributed by atoms with Crippen LogP contribution in [0.4, 0.5) is 18.9 Å². The first kappa shape index (κ1) is 14.3. The molecule has 0 aromatic heterocycles. The van der Waals surface area contributed by atoms with Gasteiger partial charge in [-0.2, -0.15) is 18.4 Å². The number of nitrogens with zero attached hydrogens (tertiary/aromatic N) is 1. The van der Waals surface area contributed by atoms with Gasteiger partial charge in [-0.3, -0.25) is 0 Å². The molecule has 2 aromatic carbocycles. The van der Waals surface area contributed by atoms with Gasteiger partial charge in [-0.1, -0.05) is 23.9 Å². The van der Waals surface area contributed by atoms with Gasteiger partial charge in [-0.05, 0) is 30.3 Å². The summed E-state index contributed by atoms with van der Waals surface area (Å²) in [5.41, 5.74) is 5.62. The molecule has 0 spiro atoms. The van der Waals surface area contributed by atoms with Crippen molar-refractivity contribution in [3.63, 3.8) is 0 Å². The zero-order valence-corrected chi connectivity index (χ0v) is 10.9. The van der Waals surface area contributed by atoms with Crippen LogP contribution in [-0.2, 0) is 6.18 Å². The van der Waals surface area contributed by atoms with E-state index in [-0.39, 0.29) is 10.5 Å². The molecule has 2 aromatic rings. The SMILES string of the molecule is N#Cc1ccc(C(F)(F)F)cc1Sc1ccccc1N. The van der Waals surface area contributed by atoms with Gasteiger partial charge < -0.3 is 5.73 Å². The molecule has 2 nitrogen and oxygen atoms in total. The highest BCUT2D eigenvalue weighted by molar-refractivity contribution is 7.99. The minimum absolute atomic E-state index is 0.186. The molecule has 0 aliphatic carbocycles. The van der Waals surface area contributed by atoms with Crippen LogP contribution in [-0.4, -0.2) is 0 Å². The van der Waals surface area contributed by atoms with Crippen molar-refractivity contribution in [2.75, 3.05) is 5.73 Å². The van der Waals surface area contributed by atoms with Gasteiger partial charge in [0.05, 0.1) is 11.1 Å². The Bertz CT molecular complexity index is 675. The minimum atomic E-state index is -4.44. The smallest absolute Gasteiger partial charge is 0.398 e. The fourth-order valence-corrected chi connectivity index (χ4v) is 2.55. The Kier molecular flexibility index (Phi) is 3.91. The van der Waals surface area contributed by atoms with Crippen molar-refractivity contribution in [1.29, 1.82) is 5.26 Å². The molecule has 2 N–H and O–H groups in total. The van der Waals surface area contributed by atoms with Crippen molar-refractivity contribution in [3.8, 4) is 6.07 Å². The molecule has 0 heterocycles. The van der Waals surface area contributed by atoms with E-state index >= 15 is 0 Å². The number of hydrogen-bond donors (Lipinski definition) is 1. The van der Waals surface area contributed by atoms with E-state index in [1.54, 1.807) is 24.3 Å². The molecular formula is C14H9F3N2S. The summed E-state index contributed by atoms with van der Waals surface area (Å²) in [4.78, 5) is 0.851. The van der Waals surface area contributed by atoms with Gasteiger partial charge in [0, 0.05) is 15.5 Å². The Morgan fingerprint density at radius 1 is 1.05 bits per heavy atom. The number of alkyl halides is 3. The third kappa shape index (κ3) is 3.06. The number of para-hydroxylation sites is 1. The van der Waals surface area contributed by atoms with Crippen molar-refractivity contribution >= 4 is 17.4 Å². The summed E-state index contributed by atoms with van der Waals surface area (Å²) in [6.45, 7) is 0. The van der Waals surface area contributed by atoms with Gasteiger partial charge in [-0.25, -0.2) is 0 Å². The number of nitrogens with two attached hydrogens (primary N) is 1. The molecule has 2 rings (SSSR count). The monoisotopic (exact) mass is 294 g/mol. The topological polar surface area (TPSA) is 49.8 Å². The van der Waals surface area contributed by atoms with E-state index in [4.69, 9.17) is 11.0 Å². The first-order valence-corrected chi connectivity index (χ1v) is 6.37. The second-order valence-corrected chi connectivity index (χ2v) is 5.04. The van der Waals surface area contributed by atoms with Crippen LogP contribution in [0.5, 0.6) is 0 Å². The van der Waals surface area contributed by atoms with Crippen LogP contribution in [0.15, 0.2) is 52.3 Å². The molecular weight excluding hydrogens is 285 g/mol. The second kappa shape index (κ2) is 5.47. The summed E-state index contributed by atoms with van der Waals surface area (Å²) in [6.07, 6.45) is -4.44. The fraction of sp³-hybridized carbons (Fsp3) is 0.0714. The molecule has 0 bridgehead atoms. The van der Waals surface area contributed by atoms with Crippen LogP contribution in [0.25, 0.3) is 0 Å². The second-order valence-electron chi connectivity index (χ2n) is 3.96. The lowest BCUT2D eigenvalue weighted by Gasteiger charge is -2.11. The van der Waals surface area contributed by atoms with E-state index in [9.17, 15) is 13.2 Å². The molecule has 0 atom stereocenters. The molecule has 0 saturated heterocycles. The van der Waals surface area contributed by atoms with Crippen molar-refractivity contribution in [2.45, 2.75) is 16.0 Å². The molecule has 0 aliphatic heterocycles. The van der Waals surface area contributed by atoms with Crippen LogP contribution in [0.2, 0.25) is 0 Å². The third-order valence-electron chi connectivity index (χ3n) is 2.57. The summed E-state index contributed by atoms with van der Waals surface area (Å²) in [7, 11) is 0. The summed E-state index contributed by atoms with van der Waals surface area (Å²) < 4.78 is 38.1. The zero-order chi connectivity index (χ0) is 14.8. The molecule has 0 radical (unpaired) electrons. The molecule has 0 saturated carbocycles. The van der Waals surface area contributed by atoms with E-state index in [1.807, 2.05) is 6.07 Å². The van der Waals surface area contributed by atoms with Gasteiger partial charge >= 0.3 is 6.18 Å². The molecule has 0 unspecified atom stereocenters. The van der Waals surface area contributed by atoms with Crippen LogP contribution in [0.1, 0.15) is 11.1 Å². The van der Waals surface area contributed by atoms with Crippen LogP contribution in [0, 0.1) is 11.3 Å². The number of anilines is 1. The quantitative estimate of drug-likeness (QED) is 0.840. The van der Waals surface area contributed by atoms with E-state index in [0.29, 0.717) is 10.6 Å². The van der Waals surface area contributed by atoms with Crippen molar-refractivity contribution in [2.24, 2.45) is 0 Å². The van der Waals surface area contributed by atoms with Gasteiger partial charge in [0.1, 0.15) is 6.07 Å². The van der Waals surface area contributed by atoms with Gasteiger partial charge in [-0.15, -0.1) is 0 Å². The highest BCUT2D eigenvalue weighted by Gasteiger charge is 2.31. The number of rotatable bonds is 2. The summed E-state index contributed by atoms with van der Waals surface area (Å²) >= 11 is 1.05. The van der Waals surface area contributed by atoms with E-state index in [0.717, 1.165) is 23.9 Å². The maximum Gasteiger partial charge on any atom is 0.416 e. The Morgan fingerprint density at radius 3 is 2.35 bits per heavy atom. The van der Waals surface area contributed by atoms with Gasteiger partial charge in [0.2, 0.25) is 0 Å². The number of hydrogen-bond acceptors (Lipinski definition) is 3. The molecule has 6 heteroatoms. The minimum Gasteiger partial charge on any atom is -0.398 e. The Morgan fingerprint density at radius 2 is 1.75 bits per heavy atom. The van der Waals surface area contributed by atoms with Gasteiger partial charge in [0.25, 0.3) is 0 Å². The van der Waals surface area contributed by atoms with Crippen LogP contribution >= 0.6 is 11.8 Å². The van der Waals surface area contributed by atoms with E-state index in [1.165, 1.54) is 6.07 Å². The lowest BCUT2D eigenvalue weighted by Crippen LogP contribution is -2.05. The fourth-order valence-electron chi connectivity index (χ4n) is 1.57. The molecule has 0 fully saturated rings. The first-order chi connectivity index (χ1) is 9.41. The summed E-state index contributed by atoms with van der Waals surface area (Å²) in [5.74, 6) is 0. The maximum atomic E-state index is 12.7. The molecule has 0 aliphatic rings. The summed E-state index contributed by atoms with van der Waals surface area (Å²) in [5, 5.41) is 8.98. The Balaban J connectivity index is 2.45. The number of nitriles is 1. The average molecular weight is 294 g/mol. The van der Waals surface area contributed by atoms with E-state index < -0.39 is 11.7 Å². The Labute approximate surface area is 118 Å². The van der Waals surface area contributed by atoms with Crippen molar-refractivity contribution < 1.29 is 13.2 Å². The lowest BCUT2D eigenvalue weighted by atomic mass is 10.1. The third-order valence-corrected chi connectivity index (χ3v) is 3.72. The standard InChI is InChI=1S/C14H9F3N2S/c15-14(16,17)10-6-5-9(8-18)13(7-10)20-12-4-2-1-3-11(12)19/h1-7H,19H2. The normalized spacial score (nSPS) is 11.1. The predicted molar refractivity (Wildman–Crippen MR) is 71.1 cm³/mol. The predicted octanol–water partition coefficient (Wildman–Crippen LogP) is 4.31. The molecule has 0 amide bonds. The lowest BCUT2D eigenvalue weighted by molar-refractivity contribution is -0.137. The number of nitrogen functional groups attached to an aromatic ring is 1. The molecule has 20 heavy (non-hydrogen) atoms. The highest BCUT2D eigenvalue weighted by Crippen LogP contribution is 2.37. The van der Waals surface area contributed by atoms with Gasteiger partial charge in [0.15, 0.2) is 0 Å². The Hall–Kier alpha value is -2.13. The van der Waals surface area contributed by atoms with Crippen LogP contribution < -0.4 is 5.73 Å². The van der Waals surface area contributed by atoms with E-state index in [2.05, 4.69) is 0 Å². The van der Waals surface area contributed by atoms with Crippen LogP contribution in [0.3, 0.4) is 0 Å². The first-order valence-electron chi connectivity index (χ1n) is 5.55. The largest absolute Gasteiger partial charge is 0.416 e. The van der Waals surface area contributed by atoms with Crippen molar-refractivity contribution in [1.82, 2.24) is 0 Å². The summed E-state index contributed by atoms with van der Waals surface area (Å²) in [6, 6.07) is 11.7. The average Bonchev–Trinajstić information content (AvgIpc) is 2.40. The molecule has 102 valence electrons.